The lowest BCUT2D eigenvalue weighted by atomic mass is 10.0. The van der Waals surface area contributed by atoms with Crippen LogP contribution in [0.3, 0.4) is 0 Å². The number of hydrogen-bond acceptors (Lipinski definition) is 5. The van der Waals surface area contributed by atoms with Gasteiger partial charge in [0.15, 0.2) is 11.6 Å². The third kappa shape index (κ3) is 4.34. The minimum atomic E-state index is -4.47. The molecule has 1 aromatic rings. The summed E-state index contributed by atoms with van der Waals surface area (Å²) in [5.74, 6) is -2.59. The number of nitrogens with zero attached hydrogens (tertiary/aromatic N) is 4. The van der Waals surface area contributed by atoms with Crippen LogP contribution in [0.5, 0.6) is 0 Å². The Morgan fingerprint density at radius 2 is 2.00 bits per heavy atom. The number of halogens is 3. The van der Waals surface area contributed by atoms with E-state index in [1.165, 1.54) is 15.9 Å². The van der Waals surface area contributed by atoms with E-state index in [-0.39, 0.29) is 30.0 Å². The Morgan fingerprint density at radius 1 is 1.30 bits per heavy atom. The largest absolute Gasteiger partial charge is 0.391 e. The van der Waals surface area contributed by atoms with Crippen LogP contribution in [0.25, 0.3) is 0 Å². The van der Waals surface area contributed by atoms with E-state index in [4.69, 9.17) is 0 Å². The molecule has 0 spiro atoms. The van der Waals surface area contributed by atoms with E-state index < -0.39 is 30.3 Å². The molecule has 1 N–H and O–H groups in total. The summed E-state index contributed by atoms with van der Waals surface area (Å²) in [6.45, 7) is 2.03. The number of hydrogen-bond donors (Lipinski definition) is 1. The fourth-order valence-corrected chi connectivity index (χ4v) is 3.52. The third-order valence-electron chi connectivity index (χ3n) is 5.40. The highest BCUT2D eigenvalue weighted by Crippen LogP contribution is 2.39. The quantitative estimate of drug-likeness (QED) is 0.727. The lowest BCUT2D eigenvalue weighted by Gasteiger charge is -2.35. The van der Waals surface area contributed by atoms with Crippen LogP contribution in [0.1, 0.15) is 30.3 Å². The number of carbonyl (C=O) groups is 3. The summed E-state index contributed by atoms with van der Waals surface area (Å²) in [6.07, 6.45) is -4.51. The van der Waals surface area contributed by atoms with E-state index in [2.05, 4.69) is 10.3 Å². The smallest absolute Gasteiger partial charge is 0.366 e. The molecule has 0 radical (unpaired) electrons. The standard InChI is InChI=1S/C19H24F3N5O3/c1-11(19(20,21)22)8-15(28)13-4-5-14-17(24-13)27(12-6-7-26(14)10-12)18(30)23-9-16(29)25(2)3/h4-5,11-12H,6-10H2,1-3H3,(H,23,30)/t11-,12-/m0/s1. The predicted molar refractivity (Wildman–Crippen MR) is 104 cm³/mol. The van der Waals surface area contributed by atoms with E-state index in [0.717, 1.165) is 6.92 Å². The molecule has 0 saturated carbocycles. The Labute approximate surface area is 172 Å². The molecule has 2 aliphatic rings. The molecule has 3 heterocycles. The number of urea groups is 1. The molecule has 164 valence electrons. The van der Waals surface area contributed by atoms with Gasteiger partial charge in [0.05, 0.1) is 24.2 Å². The fraction of sp³-hybridized carbons (Fsp3) is 0.579. The number of nitrogens with one attached hydrogen (secondary N) is 1. The second-order valence-corrected chi connectivity index (χ2v) is 7.81. The van der Waals surface area contributed by atoms with Gasteiger partial charge in [-0.25, -0.2) is 9.78 Å². The third-order valence-corrected chi connectivity index (χ3v) is 5.40. The van der Waals surface area contributed by atoms with E-state index >= 15 is 0 Å². The summed E-state index contributed by atoms with van der Waals surface area (Å²) < 4.78 is 38.4. The lowest BCUT2D eigenvalue weighted by Crippen LogP contribution is -2.52. The van der Waals surface area contributed by atoms with Gasteiger partial charge in [-0.15, -0.1) is 0 Å². The van der Waals surface area contributed by atoms with Gasteiger partial charge in [0.25, 0.3) is 0 Å². The van der Waals surface area contributed by atoms with Crippen molar-refractivity contribution in [2.45, 2.75) is 32.0 Å². The summed E-state index contributed by atoms with van der Waals surface area (Å²) in [6, 6.07) is 2.28. The average Bonchev–Trinajstić information content (AvgIpc) is 3.09. The van der Waals surface area contributed by atoms with Crippen LogP contribution in [-0.4, -0.2) is 73.6 Å². The van der Waals surface area contributed by atoms with Gasteiger partial charge in [-0.1, -0.05) is 6.92 Å². The van der Waals surface area contributed by atoms with E-state index in [1.807, 2.05) is 4.90 Å². The molecular formula is C19H24F3N5O3. The molecule has 0 aliphatic carbocycles. The molecule has 1 aromatic heterocycles. The van der Waals surface area contributed by atoms with Gasteiger partial charge < -0.3 is 15.1 Å². The second-order valence-electron chi connectivity index (χ2n) is 7.81. The molecule has 2 aliphatic heterocycles. The second kappa shape index (κ2) is 8.11. The van der Waals surface area contributed by atoms with Gasteiger partial charge in [0, 0.05) is 33.6 Å². The van der Waals surface area contributed by atoms with Gasteiger partial charge in [-0.2, -0.15) is 13.2 Å². The number of likely N-dealkylation sites (N-methyl/N-ethyl adjacent to an activating group) is 1. The number of pyridine rings is 1. The first-order chi connectivity index (χ1) is 14.0. The maximum Gasteiger partial charge on any atom is 0.391 e. The Bertz CT molecular complexity index is 858. The number of Topliss-reactive ketones (excluding diaryl/α,β-unsaturated/α-hetero) is 1. The molecule has 1 fully saturated rings. The Kier molecular flexibility index (Phi) is 5.91. The maximum absolute atomic E-state index is 12.8. The van der Waals surface area contributed by atoms with Crippen LogP contribution >= 0.6 is 0 Å². The van der Waals surface area contributed by atoms with Gasteiger partial charge in [0.2, 0.25) is 5.91 Å². The summed E-state index contributed by atoms with van der Waals surface area (Å²) in [5, 5.41) is 2.56. The van der Waals surface area contributed by atoms with Crippen molar-refractivity contribution in [1.29, 1.82) is 0 Å². The van der Waals surface area contributed by atoms with E-state index in [9.17, 15) is 27.6 Å². The molecule has 0 unspecified atom stereocenters. The molecule has 3 amide bonds. The average molecular weight is 427 g/mol. The zero-order chi connectivity index (χ0) is 22.2. The number of rotatable bonds is 5. The van der Waals surface area contributed by atoms with Crippen LogP contribution in [-0.2, 0) is 4.79 Å². The van der Waals surface area contributed by atoms with Crippen LogP contribution < -0.4 is 15.1 Å². The van der Waals surface area contributed by atoms with Gasteiger partial charge >= 0.3 is 12.2 Å². The van der Waals surface area contributed by atoms with Crippen molar-refractivity contribution in [2.24, 2.45) is 5.92 Å². The summed E-state index contributed by atoms with van der Waals surface area (Å²) in [5.41, 5.74) is 0.521. The molecule has 3 rings (SSSR count). The lowest BCUT2D eigenvalue weighted by molar-refractivity contribution is -0.168. The molecule has 8 nitrogen and oxygen atoms in total. The van der Waals surface area contributed by atoms with Gasteiger partial charge in [-0.3, -0.25) is 14.5 Å². The van der Waals surface area contributed by atoms with Crippen molar-refractivity contribution in [3.8, 4) is 0 Å². The minimum Gasteiger partial charge on any atom is -0.366 e. The summed E-state index contributed by atoms with van der Waals surface area (Å²) in [7, 11) is 3.14. The van der Waals surface area contributed by atoms with Crippen LogP contribution in [0.15, 0.2) is 12.1 Å². The SMILES string of the molecule is C[C@@H](CC(=O)c1ccc2c(n1)N(C(=O)NCC(=O)N(C)C)[C@H]1CCN2C1)C(F)(F)F. The molecule has 2 bridgehead atoms. The Morgan fingerprint density at radius 3 is 2.63 bits per heavy atom. The van der Waals surface area contributed by atoms with Crippen LogP contribution in [0.2, 0.25) is 0 Å². The van der Waals surface area contributed by atoms with Crippen molar-refractivity contribution < 1.29 is 27.6 Å². The number of carbonyl (C=O) groups excluding carboxylic acids is 3. The monoisotopic (exact) mass is 427 g/mol. The Balaban J connectivity index is 1.85. The predicted octanol–water partition coefficient (Wildman–Crippen LogP) is 2.05. The summed E-state index contributed by atoms with van der Waals surface area (Å²) in [4.78, 5) is 46.0. The Hall–Kier alpha value is -2.85. The fourth-order valence-electron chi connectivity index (χ4n) is 3.52. The number of ketones is 1. The van der Waals surface area contributed by atoms with Crippen molar-refractivity contribution in [3.63, 3.8) is 0 Å². The number of alkyl halides is 3. The molecule has 0 aromatic carbocycles. The highest BCUT2D eigenvalue weighted by atomic mass is 19.4. The number of amides is 3. The molecule has 2 atom stereocenters. The van der Waals surface area contributed by atoms with Gasteiger partial charge in [0.1, 0.15) is 5.69 Å². The maximum atomic E-state index is 12.8. The van der Waals surface area contributed by atoms with Crippen LogP contribution in [0, 0.1) is 5.92 Å². The highest BCUT2D eigenvalue weighted by Gasteiger charge is 2.41. The zero-order valence-corrected chi connectivity index (χ0v) is 17.0. The van der Waals surface area contributed by atoms with E-state index in [1.54, 1.807) is 20.2 Å². The topological polar surface area (TPSA) is 85.8 Å². The number of fused-ring (bicyclic) bond motifs is 4. The molecular weight excluding hydrogens is 403 g/mol. The van der Waals surface area contributed by atoms with Gasteiger partial charge in [-0.05, 0) is 18.6 Å². The molecule has 11 heteroatoms. The number of anilines is 2. The first-order valence-electron chi connectivity index (χ1n) is 9.62. The van der Waals surface area contributed by atoms with Crippen molar-refractivity contribution in [3.05, 3.63) is 17.8 Å². The normalized spacial score (nSPS) is 18.7. The molecule has 30 heavy (non-hydrogen) atoms. The number of aromatic nitrogens is 1. The summed E-state index contributed by atoms with van der Waals surface area (Å²) >= 11 is 0. The minimum absolute atomic E-state index is 0.116. The highest BCUT2D eigenvalue weighted by molar-refractivity contribution is 6.00. The van der Waals surface area contributed by atoms with Crippen molar-refractivity contribution >= 4 is 29.2 Å². The zero-order valence-electron chi connectivity index (χ0n) is 17.0. The van der Waals surface area contributed by atoms with Crippen molar-refractivity contribution in [1.82, 2.24) is 15.2 Å². The van der Waals surface area contributed by atoms with Crippen LogP contribution in [0.4, 0.5) is 29.5 Å². The first kappa shape index (κ1) is 21.8. The van der Waals surface area contributed by atoms with E-state index in [0.29, 0.717) is 25.2 Å². The van der Waals surface area contributed by atoms with Crippen molar-refractivity contribution in [2.75, 3.05) is 43.5 Å². The first-order valence-corrected chi connectivity index (χ1v) is 9.62. The molecule has 1 saturated heterocycles.